The highest BCUT2D eigenvalue weighted by Gasteiger charge is 2.15. The molecule has 0 aliphatic carbocycles. The second-order valence-corrected chi connectivity index (χ2v) is 6.26. The predicted molar refractivity (Wildman–Crippen MR) is 99.8 cm³/mol. The minimum Gasteiger partial charge on any atom is -0.454 e. The third kappa shape index (κ3) is 4.97. The van der Waals surface area contributed by atoms with Crippen molar-refractivity contribution in [3.05, 3.63) is 53.3 Å². The van der Waals surface area contributed by atoms with Gasteiger partial charge in [0.05, 0.1) is 0 Å². The molecule has 2 amide bonds. The van der Waals surface area contributed by atoms with Crippen LogP contribution in [0.2, 0.25) is 0 Å². The van der Waals surface area contributed by atoms with Crippen LogP contribution in [0.15, 0.2) is 36.5 Å². The maximum absolute atomic E-state index is 12.4. The van der Waals surface area contributed by atoms with Crippen LogP contribution in [0.25, 0.3) is 0 Å². The fourth-order valence-electron chi connectivity index (χ4n) is 2.70. The number of benzene rings is 1. The lowest BCUT2D eigenvalue weighted by Crippen LogP contribution is -2.26. The fraction of sp³-hybridized carbons (Fsp3) is 0.350. The number of hydrogen-bond acceptors (Lipinski definition) is 5. The Labute approximate surface area is 158 Å². The zero-order valence-electron chi connectivity index (χ0n) is 15.3. The van der Waals surface area contributed by atoms with Gasteiger partial charge < -0.3 is 20.1 Å². The summed E-state index contributed by atoms with van der Waals surface area (Å²) in [5, 5.41) is 5.66. The Morgan fingerprint density at radius 2 is 1.89 bits per heavy atom. The van der Waals surface area contributed by atoms with Gasteiger partial charge in [-0.25, -0.2) is 0 Å². The summed E-state index contributed by atoms with van der Waals surface area (Å²) in [5.74, 6) is 0.831. The molecular formula is C20H23N3O4. The van der Waals surface area contributed by atoms with Crippen LogP contribution in [0.5, 0.6) is 11.5 Å². The molecule has 7 nitrogen and oxygen atoms in total. The first-order valence-electron chi connectivity index (χ1n) is 9.08. The number of nitrogens with zero attached hydrogens (tertiary/aromatic N) is 1. The summed E-state index contributed by atoms with van der Waals surface area (Å²) in [6.45, 7) is 3.27. The molecule has 3 rings (SSSR count). The van der Waals surface area contributed by atoms with E-state index in [2.05, 4.69) is 22.5 Å². The number of pyridine rings is 1. The maximum atomic E-state index is 12.4. The molecule has 0 unspecified atom stereocenters. The standard InChI is InChI=1S/C20H23N3O4/c1-2-3-4-8-22-19(24)15-7-9-21-16(11-15)20(25)23-12-14-5-6-17-18(10-14)27-13-26-17/h5-7,9-11H,2-4,8,12-13H2,1H3,(H,22,24)(H,23,25). The molecule has 0 spiro atoms. The molecule has 2 N–H and O–H groups in total. The van der Waals surface area contributed by atoms with Crippen LogP contribution >= 0.6 is 0 Å². The van der Waals surface area contributed by atoms with Gasteiger partial charge in [-0.3, -0.25) is 14.6 Å². The van der Waals surface area contributed by atoms with E-state index >= 15 is 0 Å². The molecule has 1 aromatic heterocycles. The predicted octanol–water partition coefficient (Wildman–Crippen LogP) is 2.66. The molecule has 2 heterocycles. The van der Waals surface area contributed by atoms with Gasteiger partial charge in [0.2, 0.25) is 6.79 Å². The Hall–Kier alpha value is -3.09. The van der Waals surface area contributed by atoms with E-state index in [-0.39, 0.29) is 24.3 Å². The molecular weight excluding hydrogens is 346 g/mol. The lowest BCUT2D eigenvalue weighted by atomic mass is 10.2. The van der Waals surface area contributed by atoms with Crippen LogP contribution in [0.1, 0.15) is 52.6 Å². The van der Waals surface area contributed by atoms with E-state index in [9.17, 15) is 9.59 Å². The highest BCUT2D eigenvalue weighted by molar-refractivity contribution is 5.98. The number of aromatic nitrogens is 1. The lowest BCUT2D eigenvalue weighted by molar-refractivity contribution is 0.0946. The third-order valence-corrected chi connectivity index (χ3v) is 4.21. The van der Waals surface area contributed by atoms with Crippen molar-refractivity contribution >= 4 is 11.8 Å². The molecule has 27 heavy (non-hydrogen) atoms. The Morgan fingerprint density at radius 3 is 2.74 bits per heavy atom. The van der Waals surface area contributed by atoms with Gasteiger partial charge in [0.1, 0.15) is 5.69 Å². The molecule has 1 aromatic carbocycles. The number of unbranched alkanes of at least 4 members (excludes halogenated alkanes) is 2. The zero-order chi connectivity index (χ0) is 19.1. The van der Waals surface area contributed by atoms with Crippen molar-refractivity contribution in [2.75, 3.05) is 13.3 Å². The molecule has 1 aliphatic heterocycles. The van der Waals surface area contributed by atoms with E-state index < -0.39 is 0 Å². The average molecular weight is 369 g/mol. The molecule has 0 fully saturated rings. The third-order valence-electron chi connectivity index (χ3n) is 4.21. The van der Waals surface area contributed by atoms with Crippen LogP contribution in [-0.4, -0.2) is 30.1 Å². The molecule has 0 radical (unpaired) electrons. The summed E-state index contributed by atoms with van der Waals surface area (Å²) < 4.78 is 10.6. The Balaban J connectivity index is 1.56. The number of carbonyl (C=O) groups excluding carboxylic acids is 2. The van der Waals surface area contributed by atoms with Gasteiger partial charge >= 0.3 is 0 Å². The van der Waals surface area contributed by atoms with E-state index in [1.807, 2.05) is 18.2 Å². The van der Waals surface area contributed by atoms with Crippen LogP contribution in [0, 0.1) is 0 Å². The first-order chi connectivity index (χ1) is 13.2. The van der Waals surface area contributed by atoms with E-state index in [0.717, 1.165) is 24.8 Å². The van der Waals surface area contributed by atoms with Crippen LogP contribution in [0.3, 0.4) is 0 Å². The minimum atomic E-state index is -0.340. The lowest BCUT2D eigenvalue weighted by Gasteiger charge is -2.08. The van der Waals surface area contributed by atoms with Crippen LogP contribution in [0.4, 0.5) is 0 Å². The first kappa shape index (κ1) is 18.7. The second kappa shape index (κ2) is 9.02. The van der Waals surface area contributed by atoms with Gasteiger partial charge in [0.25, 0.3) is 11.8 Å². The molecule has 0 saturated heterocycles. The number of ether oxygens (including phenoxy) is 2. The molecule has 0 bridgehead atoms. The van der Waals surface area contributed by atoms with Crippen molar-refractivity contribution in [3.8, 4) is 11.5 Å². The van der Waals surface area contributed by atoms with Gasteiger partial charge in [0, 0.05) is 24.8 Å². The van der Waals surface area contributed by atoms with Crippen molar-refractivity contribution in [2.24, 2.45) is 0 Å². The van der Waals surface area contributed by atoms with Gasteiger partial charge in [0.15, 0.2) is 11.5 Å². The molecule has 1 aliphatic rings. The minimum absolute atomic E-state index is 0.196. The number of carbonyl (C=O) groups is 2. The quantitative estimate of drug-likeness (QED) is 0.698. The highest BCUT2D eigenvalue weighted by Crippen LogP contribution is 2.32. The van der Waals surface area contributed by atoms with Gasteiger partial charge in [-0.1, -0.05) is 25.8 Å². The number of rotatable bonds is 8. The zero-order valence-corrected chi connectivity index (χ0v) is 15.3. The Morgan fingerprint density at radius 1 is 1.04 bits per heavy atom. The van der Waals surface area contributed by atoms with E-state index in [4.69, 9.17) is 9.47 Å². The highest BCUT2D eigenvalue weighted by atomic mass is 16.7. The average Bonchev–Trinajstić information content (AvgIpc) is 3.17. The maximum Gasteiger partial charge on any atom is 0.270 e. The second-order valence-electron chi connectivity index (χ2n) is 6.26. The number of nitrogens with one attached hydrogen (secondary N) is 2. The van der Waals surface area contributed by atoms with Crippen molar-refractivity contribution in [2.45, 2.75) is 32.7 Å². The smallest absolute Gasteiger partial charge is 0.270 e. The Kier molecular flexibility index (Phi) is 6.25. The van der Waals surface area contributed by atoms with Gasteiger partial charge in [-0.05, 0) is 36.2 Å². The summed E-state index contributed by atoms with van der Waals surface area (Å²) in [6, 6.07) is 8.61. The normalized spacial score (nSPS) is 11.9. The largest absolute Gasteiger partial charge is 0.454 e. The van der Waals surface area contributed by atoms with Crippen LogP contribution < -0.4 is 20.1 Å². The summed E-state index contributed by atoms with van der Waals surface area (Å²) in [7, 11) is 0. The topological polar surface area (TPSA) is 89.6 Å². The number of hydrogen-bond donors (Lipinski definition) is 2. The van der Waals surface area contributed by atoms with E-state index in [1.54, 1.807) is 6.07 Å². The van der Waals surface area contributed by atoms with E-state index in [1.165, 1.54) is 12.3 Å². The number of amides is 2. The fourth-order valence-corrected chi connectivity index (χ4v) is 2.70. The molecule has 0 saturated carbocycles. The summed E-state index contributed by atoms with van der Waals surface area (Å²) >= 11 is 0. The van der Waals surface area contributed by atoms with Crippen molar-refractivity contribution in [3.63, 3.8) is 0 Å². The first-order valence-corrected chi connectivity index (χ1v) is 9.08. The summed E-state index contributed by atoms with van der Waals surface area (Å²) in [5.41, 5.74) is 1.52. The molecule has 0 atom stereocenters. The summed E-state index contributed by atoms with van der Waals surface area (Å²) in [4.78, 5) is 28.6. The molecule has 7 heteroatoms. The summed E-state index contributed by atoms with van der Waals surface area (Å²) in [6.07, 6.45) is 4.58. The van der Waals surface area contributed by atoms with Gasteiger partial charge in [-0.15, -0.1) is 0 Å². The number of fused-ring (bicyclic) bond motifs is 1. The van der Waals surface area contributed by atoms with Crippen molar-refractivity contribution in [1.29, 1.82) is 0 Å². The molecule has 2 aromatic rings. The van der Waals surface area contributed by atoms with Crippen molar-refractivity contribution in [1.82, 2.24) is 15.6 Å². The van der Waals surface area contributed by atoms with Crippen LogP contribution in [-0.2, 0) is 6.54 Å². The SMILES string of the molecule is CCCCCNC(=O)c1ccnc(C(=O)NCc2ccc3c(c2)OCO3)c1. The molecule has 142 valence electrons. The van der Waals surface area contributed by atoms with Gasteiger partial charge in [-0.2, -0.15) is 0 Å². The monoisotopic (exact) mass is 369 g/mol. The Bertz CT molecular complexity index is 823. The van der Waals surface area contributed by atoms with E-state index in [0.29, 0.717) is 30.2 Å². The van der Waals surface area contributed by atoms with Crippen molar-refractivity contribution < 1.29 is 19.1 Å².